The van der Waals surface area contributed by atoms with Crippen molar-refractivity contribution < 1.29 is 4.79 Å². The van der Waals surface area contributed by atoms with E-state index in [0.29, 0.717) is 12.5 Å². The Morgan fingerprint density at radius 2 is 2.21 bits per heavy atom. The second-order valence-corrected chi connectivity index (χ2v) is 7.49. The highest BCUT2D eigenvalue weighted by Gasteiger charge is 2.42. The lowest BCUT2D eigenvalue weighted by molar-refractivity contribution is 0.0914. The number of amides is 1. The molecule has 4 nitrogen and oxygen atoms in total. The number of hydrogen-bond donors (Lipinski definition) is 1. The van der Waals surface area contributed by atoms with Gasteiger partial charge in [-0.25, -0.2) is 4.98 Å². The molecule has 4 atom stereocenters. The zero-order valence-corrected chi connectivity index (χ0v) is 14.2. The van der Waals surface area contributed by atoms with E-state index in [1.807, 2.05) is 35.0 Å². The molecule has 1 N–H and O–H groups in total. The van der Waals surface area contributed by atoms with Gasteiger partial charge in [0.2, 0.25) is 0 Å². The predicted octanol–water partition coefficient (Wildman–Crippen LogP) is 3.49. The van der Waals surface area contributed by atoms with Gasteiger partial charge in [-0.3, -0.25) is 4.79 Å². The van der Waals surface area contributed by atoms with E-state index >= 15 is 0 Å². The van der Waals surface area contributed by atoms with Crippen molar-refractivity contribution in [3.8, 4) is 0 Å². The van der Waals surface area contributed by atoms with Crippen LogP contribution in [0.4, 0.5) is 0 Å². The van der Waals surface area contributed by atoms with Gasteiger partial charge in [-0.15, -0.1) is 0 Å². The highest BCUT2D eigenvalue weighted by molar-refractivity contribution is 5.95. The van der Waals surface area contributed by atoms with Gasteiger partial charge in [-0.05, 0) is 55.6 Å². The molecule has 0 spiro atoms. The van der Waals surface area contributed by atoms with Gasteiger partial charge >= 0.3 is 0 Å². The van der Waals surface area contributed by atoms with Gasteiger partial charge in [0.15, 0.2) is 0 Å². The van der Waals surface area contributed by atoms with Crippen molar-refractivity contribution in [3.63, 3.8) is 0 Å². The molecule has 2 fully saturated rings. The van der Waals surface area contributed by atoms with Crippen LogP contribution in [-0.2, 0) is 6.54 Å². The number of imidazole rings is 1. The van der Waals surface area contributed by atoms with Crippen LogP contribution in [0.5, 0.6) is 0 Å². The summed E-state index contributed by atoms with van der Waals surface area (Å²) in [6, 6.07) is 8.14. The Balaban J connectivity index is 1.46. The van der Waals surface area contributed by atoms with Crippen LogP contribution < -0.4 is 5.32 Å². The highest BCUT2D eigenvalue weighted by Crippen LogP contribution is 2.49. The molecule has 4 heteroatoms. The molecular weight excluding hydrogens is 298 g/mol. The fraction of sp³-hybridized carbons (Fsp3) is 0.500. The summed E-state index contributed by atoms with van der Waals surface area (Å²) in [5.74, 6) is 2.45. The van der Waals surface area contributed by atoms with E-state index in [1.165, 1.54) is 25.7 Å². The first kappa shape index (κ1) is 15.4. The molecule has 0 saturated heterocycles. The molecule has 0 unspecified atom stereocenters. The Hall–Kier alpha value is -2.10. The Labute approximate surface area is 143 Å². The maximum Gasteiger partial charge on any atom is 0.251 e. The lowest BCUT2D eigenvalue weighted by Gasteiger charge is -2.28. The van der Waals surface area contributed by atoms with E-state index in [2.05, 4.69) is 17.2 Å². The average Bonchev–Trinajstić information content (AvgIpc) is 3.33. The summed E-state index contributed by atoms with van der Waals surface area (Å²) in [6.45, 7) is 2.86. The van der Waals surface area contributed by atoms with E-state index < -0.39 is 0 Å². The maximum atomic E-state index is 12.8. The molecule has 4 rings (SSSR count). The zero-order valence-electron chi connectivity index (χ0n) is 14.2. The van der Waals surface area contributed by atoms with Crippen LogP contribution in [0.25, 0.3) is 0 Å². The number of aromatic nitrogens is 2. The second kappa shape index (κ2) is 6.42. The second-order valence-electron chi connectivity index (χ2n) is 7.49. The number of nitrogens with zero attached hydrogens (tertiary/aromatic N) is 2. The quantitative estimate of drug-likeness (QED) is 0.915. The van der Waals surface area contributed by atoms with Crippen molar-refractivity contribution in [2.24, 2.45) is 17.8 Å². The summed E-state index contributed by atoms with van der Waals surface area (Å²) in [5.41, 5.74) is 1.81. The fourth-order valence-corrected chi connectivity index (χ4v) is 4.75. The number of benzene rings is 1. The third-order valence-electron chi connectivity index (χ3n) is 5.97. The number of hydrogen-bond acceptors (Lipinski definition) is 2. The summed E-state index contributed by atoms with van der Waals surface area (Å²) in [5, 5.41) is 3.28. The number of nitrogens with one attached hydrogen (secondary N) is 1. The van der Waals surface area contributed by atoms with E-state index in [1.54, 1.807) is 12.5 Å². The van der Waals surface area contributed by atoms with Crippen LogP contribution in [0.2, 0.25) is 0 Å². The topological polar surface area (TPSA) is 46.9 Å². The summed E-state index contributed by atoms with van der Waals surface area (Å²) in [6.07, 6.45) is 10.9. The lowest BCUT2D eigenvalue weighted by atomic mass is 9.84. The van der Waals surface area contributed by atoms with Crippen molar-refractivity contribution in [1.29, 1.82) is 0 Å². The fourth-order valence-electron chi connectivity index (χ4n) is 4.75. The van der Waals surface area contributed by atoms with Crippen molar-refractivity contribution in [2.75, 3.05) is 0 Å². The first-order chi connectivity index (χ1) is 11.7. The van der Waals surface area contributed by atoms with Crippen molar-refractivity contribution in [1.82, 2.24) is 14.9 Å². The molecule has 1 aromatic carbocycles. The Kier molecular flexibility index (Phi) is 4.13. The number of carbonyl (C=O) groups is 1. The monoisotopic (exact) mass is 323 g/mol. The van der Waals surface area contributed by atoms with Gasteiger partial charge in [0, 0.05) is 30.5 Å². The van der Waals surface area contributed by atoms with Crippen molar-refractivity contribution in [2.45, 2.75) is 45.2 Å². The molecule has 126 valence electrons. The standard InChI is InChI=1S/C20H25N3O/c1-14(19-11-15-6-7-16(19)10-15)22-20(24)18-5-3-2-4-17(18)12-23-9-8-21-13-23/h2-5,8-9,13-16,19H,6-7,10-12H2,1H3,(H,22,24)/t14-,15-,16-,19-/m0/s1. The van der Waals surface area contributed by atoms with Gasteiger partial charge in [0.1, 0.15) is 0 Å². The van der Waals surface area contributed by atoms with E-state index in [0.717, 1.165) is 23.0 Å². The Morgan fingerprint density at radius 1 is 1.33 bits per heavy atom. The predicted molar refractivity (Wildman–Crippen MR) is 93.6 cm³/mol. The molecule has 1 heterocycles. The minimum atomic E-state index is 0.0565. The van der Waals surface area contributed by atoms with Crippen LogP contribution in [0.15, 0.2) is 43.0 Å². The molecule has 0 aliphatic heterocycles. The van der Waals surface area contributed by atoms with E-state index in [4.69, 9.17) is 0 Å². The number of rotatable bonds is 5. The molecule has 1 aromatic heterocycles. The summed E-state index contributed by atoms with van der Waals surface area (Å²) < 4.78 is 1.99. The van der Waals surface area contributed by atoms with Gasteiger partial charge in [0.05, 0.1) is 6.33 Å². The minimum Gasteiger partial charge on any atom is -0.349 e. The first-order valence-corrected chi connectivity index (χ1v) is 9.05. The van der Waals surface area contributed by atoms with Gasteiger partial charge in [0.25, 0.3) is 5.91 Å². The number of fused-ring (bicyclic) bond motifs is 2. The van der Waals surface area contributed by atoms with Crippen LogP contribution in [0.3, 0.4) is 0 Å². The van der Waals surface area contributed by atoms with Crippen LogP contribution in [0, 0.1) is 17.8 Å². The lowest BCUT2D eigenvalue weighted by Crippen LogP contribution is -2.40. The SMILES string of the molecule is C[C@H](NC(=O)c1ccccc1Cn1ccnc1)[C@@H]1C[C@H]2CC[C@H]1C2. The average molecular weight is 323 g/mol. The maximum absolute atomic E-state index is 12.8. The summed E-state index contributed by atoms with van der Waals surface area (Å²) in [7, 11) is 0. The Bertz CT molecular complexity index is 709. The molecule has 0 radical (unpaired) electrons. The smallest absolute Gasteiger partial charge is 0.251 e. The molecule has 2 saturated carbocycles. The molecule has 2 aliphatic rings. The minimum absolute atomic E-state index is 0.0565. The summed E-state index contributed by atoms with van der Waals surface area (Å²) in [4.78, 5) is 16.9. The largest absolute Gasteiger partial charge is 0.349 e. The van der Waals surface area contributed by atoms with Gasteiger partial charge in [-0.1, -0.05) is 24.6 Å². The molecule has 2 bridgehead atoms. The summed E-state index contributed by atoms with van der Waals surface area (Å²) >= 11 is 0. The molecular formula is C20H25N3O. The Morgan fingerprint density at radius 3 is 2.92 bits per heavy atom. The molecule has 2 aliphatic carbocycles. The third-order valence-corrected chi connectivity index (χ3v) is 5.97. The first-order valence-electron chi connectivity index (χ1n) is 9.05. The normalized spacial score (nSPS) is 26.5. The zero-order chi connectivity index (χ0) is 16.5. The molecule has 2 aromatic rings. The van der Waals surface area contributed by atoms with Crippen molar-refractivity contribution in [3.05, 3.63) is 54.1 Å². The number of carbonyl (C=O) groups excluding carboxylic acids is 1. The van der Waals surface area contributed by atoms with Gasteiger partial charge in [-0.2, -0.15) is 0 Å². The molecule has 1 amide bonds. The van der Waals surface area contributed by atoms with Gasteiger partial charge < -0.3 is 9.88 Å². The van der Waals surface area contributed by atoms with Crippen LogP contribution in [-0.4, -0.2) is 21.5 Å². The van der Waals surface area contributed by atoms with E-state index in [-0.39, 0.29) is 11.9 Å². The van der Waals surface area contributed by atoms with Crippen LogP contribution >= 0.6 is 0 Å². The van der Waals surface area contributed by atoms with E-state index in [9.17, 15) is 4.79 Å². The third kappa shape index (κ3) is 2.97. The highest BCUT2D eigenvalue weighted by atomic mass is 16.1. The van der Waals surface area contributed by atoms with Crippen molar-refractivity contribution >= 4 is 5.91 Å². The molecule has 24 heavy (non-hydrogen) atoms. The van der Waals surface area contributed by atoms with Crippen LogP contribution in [0.1, 0.15) is 48.5 Å².